The molecule has 0 aliphatic heterocycles. The van der Waals surface area contributed by atoms with Gasteiger partial charge < -0.3 is 10.8 Å². The van der Waals surface area contributed by atoms with Crippen molar-refractivity contribution in [3.63, 3.8) is 0 Å². The molecular weight excluding hydrogens is 454 g/mol. The molecule has 0 atom stereocenters. The smallest absolute Gasteiger partial charge is 0.294 e. The van der Waals surface area contributed by atoms with E-state index in [4.69, 9.17) is 5.73 Å². The molecule has 11 heteroatoms. The maximum absolute atomic E-state index is 11.8. The van der Waals surface area contributed by atoms with Crippen LogP contribution in [0.2, 0.25) is 0 Å². The van der Waals surface area contributed by atoms with Crippen molar-refractivity contribution in [1.29, 1.82) is 0 Å². The van der Waals surface area contributed by atoms with Gasteiger partial charge in [-0.3, -0.25) is 4.55 Å². The molecule has 164 valence electrons. The molecule has 4 aromatic carbocycles. The lowest BCUT2D eigenvalue weighted by Gasteiger charge is -2.09. The highest BCUT2D eigenvalue weighted by Gasteiger charge is 2.16. The average molecular weight is 472 g/mol. The molecule has 32 heavy (non-hydrogen) atoms. The number of hydrogen-bond donors (Lipinski definition) is 4. The van der Waals surface area contributed by atoms with Crippen molar-refractivity contribution in [2.45, 2.75) is 16.7 Å². The van der Waals surface area contributed by atoms with E-state index in [0.29, 0.717) is 27.2 Å². The van der Waals surface area contributed by atoms with E-state index in [-0.39, 0.29) is 26.9 Å². The molecule has 0 aromatic heterocycles. The zero-order valence-electron chi connectivity index (χ0n) is 16.6. The minimum Gasteiger partial charge on any atom is -0.505 e. The molecule has 0 radical (unpaired) electrons. The number of rotatable bonds is 4. The highest BCUT2D eigenvalue weighted by molar-refractivity contribution is 7.85. The number of hydrogen-bond acceptors (Lipinski definition) is 8. The number of benzene rings is 4. The van der Waals surface area contributed by atoms with E-state index in [1.807, 2.05) is 6.92 Å². The molecule has 0 unspecified atom stereocenters. The zero-order chi connectivity index (χ0) is 23.2. The Labute approximate surface area is 184 Å². The number of phenols is 1. The highest BCUT2D eigenvalue weighted by atomic mass is 32.2. The van der Waals surface area contributed by atoms with E-state index < -0.39 is 20.8 Å². The number of anilines is 1. The third-order valence-electron chi connectivity index (χ3n) is 5.03. The Hall–Kier alpha value is -3.54. The predicted octanol–water partition coefficient (Wildman–Crippen LogP) is 4.22. The first-order valence-corrected chi connectivity index (χ1v) is 11.8. The van der Waals surface area contributed by atoms with Crippen LogP contribution < -0.4 is 5.73 Å². The van der Waals surface area contributed by atoms with Gasteiger partial charge in [-0.15, -0.1) is 10.2 Å². The molecule has 4 N–H and O–H groups in total. The van der Waals surface area contributed by atoms with Crippen LogP contribution in [0.5, 0.6) is 5.75 Å². The third kappa shape index (κ3) is 3.88. The van der Waals surface area contributed by atoms with Gasteiger partial charge in [0, 0.05) is 16.5 Å². The van der Waals surface area contributed by atoms with E-state index in [1.54, 1.807) is 24.3 Å². The van der Waals surface area contributed by atoms with Crippen molar-refractivity contribution in [2.75, 3.05) is 5.73 Å². The first kappa shape index (κ1) is 21.7. The van der Waals surface area contributed by atoms with Gasteiger partial charge in [0.1, 0.15) is 5.69 Å². The minimum absolute atomic E-state index is 0.222. The van der Waals surface area contributed by atoms with Crippen LogP contribution in [-0.4, -0.2) is 26.5 Å². The Morgan fingerprint density at radius 3 is 2.31 bits per heavy atom. The van der Waals surface area contributed by atoms with Gasteiger partial charge in [0.25, 0.3) is 10.1 Å². The Kier molecular flexibility index (Phi) is 5.33. The van der Waals surface area contributed by atoms with Crippen molar-refractivity contribution >= 4 is 59.4 Å². The summed E-state index contributed by atoms with van der Waals surface area (Å²) in [5.74, 6) is -0.379. The molecule has 0 bridgehead atoms. The van der Waals surface area contributed by atoms with Gasteiger partial charge in [0.2, 0.25) is 0 Å². The monoisotopic (exact) mass is 471 g/mol. The summed E-state index contributed by atoms with van der Waals surface area (Å²) in [5, 5.41) is 20.6. The van der Waals surface area contributed by atoms with Gasteiger partial charge in [-0.2, -0.15) is 8.42 Å². The highest BCUT2D eigenvalue weighted by Crippen LogP contribution is 2.41. The molecule has 0 heterocycles. The largest absolute Gasteiger partial charge is 0.505 e. The fourth-order valence-corrected chi connectivity index (χ4v) is 4.51. The summed E-state index contributed by atoms with van der Waals surface area (Å²) in [6.07, 6.45) is 0. The lowest BCUT2D eigenvalue weighted by Crippen LogP contribution is -1.97. The molecule has 0 saturated carbocycles. The second-order valence-electron chi connectivity index (χ2n) is 7.11. The van der Waals surface area contributed by atoms with Crippen molar-refractivity contribution in [3.05, 3.63) is 60.2 Å². The lowest BCUT2D eigenvalue weighted by atomic mass is 10.0. The number of aromatic hydroxyl groups is 1. The Balaban J connectivity index is 1.95. The lowest BCUT2D eigenvalue weighted by molar-refractivity contribution is 0.480. The summed E-state index contributed by atoms with van der Waals surface area (Å²) in [5.41, 5.74) is 6.95. The van der Waals surface area contributed by atoms with Gasteiger partial charge in [-0.25, -0.2) is 8.42 Å². The number of aryl methyl sites for hydroxylation is 1. The van der Waals surface area contributed by atoms with Crippen LogP contribution in [0.4, 0.5) is 17.1 Å². The van der Waals surface area contributed by atoms with E-state index in [0.717, 1.165) is 5.56 Å². The van der Waals surface area contributed by atoms with Crippen LogP contribution >= 0.6 is 0 Å². The standard InChI is InChI=1S/C21H17N3O6S2/c1-11-2-7-18(17-10-14(32(28,29)30)4-6-15(11)17)23-24-20-19(31(26)27)9-12-8-13(22)3-5-16(12)21(20)25/h2-10,25,31H,22H2,1H3,(H,28,29,30). The molecule has 0 fully saturated rings. The van der Waals surface area contributed by atoms with E-state index in [1.165, 1.54) is 30.3 Å². The fraction of sp³-hybridized carbons (Fsp3) is 0.0476. The summed E-state index contributed by atoms with van der Waals surface area (Å²) in [4.78, 5) is -0.559. The molecule has 4 aromatic rings. The minimum atomic E-state index is -4.45. The molecule has 9 nitrogen and oxygen atoms in total. The quantitative estimate of drug-likeness (QED) is 0.150. The molecule has 4 rings (SSSR count). The van der Waals surface area contributed by atoms with Crippen LogP contribution in [0, 0.1) is 6.92 Å². The van der Waals surface area contributed by atoms with Crippen LogP contribution in [0.3, 0.4) is 0 Å². The summed E-state index contributed by atoms with van der Waals surface area (Å²) in [6, 6.07) is 13.3. The molecule has 0 saturated heterocycles. The van der Waals surface area contributed by atoms with Crippen LogP contribution in [0.1, 0.15) is 5.56 Å². The third-order valence-corrected chi connectivity index (χ3v) is 6.61. The Bertz CT molecular complexity index is 1620. The van der Waals surface area contributed by atoms with Crippen molar-refractivity contribution in [2.24, 2.45) is 10.2 Å². The number of nitrogens with two attached hydrogens (primary N) is 1. The molecular formula is C21H17N3O6S2. The zero-order valence-corrected chi connectivity index (χ0v) is 18.3. The topological polar surface area (TPSA) is 159 Å². The number of nitrogen functional groups attached to an aromatic ring is 1. The van der Waals surface area contributed by atoms with Crippen molar-refractivity contribution < 1.29 is 26.5 Å². The van der Waals surface area contributed by atoms with Crippen molar-refractivity contribution in [3.8, 4) is 5.75 Å². The van der Waals surface area contributed by atoms with Crippen molar-refractivity contribution in [1.82, 2.24) is 0 Å². The molecule has 0 spiro atoms. The predicted molar refractivity (Wildman–Crippen MR) is 121 cm³/mol. The van der Waals surface area contributed by atoms with Gasteiger partial charge in [-0.05, 0) is 65.7 Å². The van der Waals surface area contributed by atoms with Gasteiger partial charge in [0.05, 0.1) is 15.5 Å². The number of fused-ring (bicyclic) bond motifs is 2. The Morgan fingerprint density at radius 1 is 0.906 bits per heavy atom. The van der Waals surface area contributed by atoms with E-state index in [2.05, 4.69) is 10.2 Å². The molecule has 0 aliphatic carbocycles. The summed E-state index contributed by atoms with van der Waals surface area (Å²) in [7, 11) is -7.57. The number of thiol groups is 1. The van der Waals surface area contributed by atoms with E-state index in [9.17, 15) is 26.5 Å². The summed E-state index contributed by atoms with van der Waals surface area (Å²) in [6.45, 7) is 1.82. The average Bonchev–Trinajstić information content (AvgIpc) is 2.73. The number of nitrogens with zero attached hydrogens (tertiary/aromatic N) is 2. The van der Waals surface area contributed by atoms with Gasteiger partial charge in [0.15, 0.2) is 16.5 Å². The van der Waals surface area contributed by atoms with Crippen LogP contribution in [0.15, 0.2) is 74.6 Å². The second kappa shape index (κ2) is 7.86. The van der Waals surface area contributed by atoms with Gasteiger partial charge in [-0.1, -0.05) is 12.1 Å². The van der Waals surface area contributed by atoms with Crippen LogP contribution in [0.25, 0.3) is 21.5 Å². The Morgan fingerprint density at radius 2 is 1.62 bits per heavy atom. The SMILES string of the molecule is Cc1ccc(N=Nc2c([SH](=O)=O)cc3cc(N)ccc3c2O)c2cc(S(=O)(=O)O)ccc12. The maximum atomic E-state index is 11.8. The summed E-state index contributed by atoms with van der Waals surface area (Å²) < 4.78 is 56.1. The summed E-state index contributed by atoms with van der Waals surface area (Å²) >= 11 is 0. The number of phenolic OH excluding ortho intramolecular Hbond substituents is 1. The van der Waals surface area contributed by atoms with E-state index >= 15 is 0 Å². The first-order chi connectivity index (χ1) is 15.1. The second-order valence-corrected chi connectivity index (χ2v) is 9.53. The van der Waals surface area contributed by atoms with Crippen LogP contribution in [-0.2, 0) is 20.8 Å². The molecule has 0 amide bonds. The first-order valence-electron chi connectivity index (χ1n) is 9.18. The maximum Gasteiger partial charge on any atom is 0.294 e. The molecule has 0 aliphatic rings. The normalized spacial score (nSPS) is 12.3. The fourth-order valence-electron chi connectivity index (χ4n) is 3.43. The number of azo groups is 1. The van der Waals surface area contributed by atoms with Gasteiger partial charge >= 0.3 is 0 Å².